The van der Waals surface area contributed by atoms with Crippen molar-refractivity contribution in [1.29, 1.82) is 0 Å². The maximum Gasteiger partial charge on any atom is 0.291 e. The number of hydrogen-bond acceptors (Lipinski definition) is 6. The van der Waals surface area contributed by atoms with Crippen molar-refractivity contribution in [2.24, 2.45) is 0 Å². The van der Waals surface area contributed by atoms with E-state index in [2.05, 4.69) is 0 Å². The molecule has 8 nitrogen and oxygen atoms in total. The number of rotatable bonds is 0. The zero-order chi connectivity index (χ0) is 3.58. The van der Waals surface area contributed by atoms with E-state index in [1.807, 2.05) is 0 Å². The van der Waals surface area contributed by atoms with Crippen molar-refractivity contribution in [2.45, 2.75) is 0 Å². The first kappa shape index (κ1) is 71.7. The quantitative estimate of drug-likeness (QED) is 0.224. The third-order valence-electron chi connectivity index (χ3n) is 0. The third-order valence-corrected chi connectivity index (χ3v) is 0. The van der Waals surface area contributed by atoms with Gasteiger partial charge in [-0.05, 0) is 0 Å². The topological polar surface area (TPSA) is 203 Å². The molecule has 0 unspecified atom stereocenters. The monoisotopic (exact) mass is 233 g/mol. The molecule has 0 aliphatic rings. The summed E-state index contributed by atoms with van der Waals surface area (Å²) in [6, 6.07) is 0. The smallest absolute Gasteiger partial charge is 0.291 e. The van der Waals surface area contributed by atoms with Gasteiger partial charge in [-0.15, -0.1) is 10.1 Å². The summed E-state index contributed by atoms with van der Waals surface area (Å²) < 4.78 is 0. The summed E-state index contributed by atoms with van der Waals surface area (Å²) >= 11 is 0. The Hall–Kier alpha value is -0.337. The Morgan fingerprint density at radius 3 is 1.11 bits per heavy atom. The van der Waals surface area contributed by atoms with E-state index in [0.29, 0.717) is 0 Å². The van der Waals surface area contributed by atoms with E-state index in [1.54, 1.807) is 0 Å². The first-order valence-electron chi connectivity index (χ1n) is 0.565. The molecule has 64 valence electrons. The van der Waals surface area contributed by atoms with Gasteiger partial charge in [0.15, 0.2) is 0 Å². The second kappa shape index (κ2) is 48.0. The molecule has 0 bridgehead atoms. The molecule has 0 radical (unpaired) electrons. The van der Waals surface area contributed by atoms with Crippen molar-refractivity contribution in [1.82, 2.24) is 24.6 Å². The second-order valence-corrected chi connectivity index (χ2v) is 0.238. The summed E-state index contributed by atoms with van der Waals surface area (Å²) in [5.41, 5.74) is 0. The molecule has 0 aliphatic carbocycles. The third kappa shape index (κ3) is 2170. The standard InChI is InChI=1S/HNO3.4H3N.Ru/c2-1(3)4;;;;;/h(H,2,3,4);4*1H3;. The molecule has 0 saturated carbocycles. The van der Waals surface area contributed by atoms with Gasteiger partial charge in [0.05, 0.1) is 0 Å². The molecule has 0 amide bonds. The summed E-state index contributed by atoms with van der Waals surface area (Å²) in [5, 5.41) is 13.6. The molecule has 0 fully saturated rings. The molecule has 0 rings (SSSR count). The zero-order valence-electron chi connectivity index (χ0n) is 4.89. The second-order valence-electron chi connectivity index (χ2n) is 0.238. The SMILES string of the molecule is N.N.N.N.O=[N+]([O-])O.[Ru]. The van der Waals surface area contributed by atoms with Gasteiger partial charge in [-0.1, -0.05) is 0 Å². The van der Waals surface area contributed by atoms with Crippen molar-refractivity contribution in [3.05, 3.63) is 10.1 Å². The molecule has 0 saturated heterocycles. The van der Waals surface area contributed by atoms with E-state index in [-0.39, 0.29) is 44.1 Å². The number of nitrogens with zero attached hydrogens (tertiary/aromatic N) is 1. The molecule has 0 spiro atoms. The van der Waals surface area contributed by atoms with E-state index in [9.17, 15) is 0 Å². The molecule has 9 heteroatoms. The van der Waals surface area contributed by atoms with Gasteiger partial charge >= 0.3 is 0 Å². The van der Waals surface area contributed by atoms with Crippen molar-refractivity contribution in [2.75, 3.05) is 0 Å². The van der Waals surface area contributed by atoms with Gasteiger partial charge in [0.2, 0.25) is 0 Å². The van der Waals surface area contributed by atoms with E-state index in [0.717, 1.165) is 0 Å². The Labute approximate surface area is 65.2 Å². The fourth-order valence-corrected chi connectivity index (χ4v) is 0. The molecule has 0 aromatic rings. The van der Waals surface area contributed by atoms with Gasteiger partial charge in [-0.3, -0.25) is 0 Å². The summed E-state index contributed by atoms with van der Waals surface area (Å²) in [7, 11) is 0. The van der Waals surface area contributed by atoms with Crippen LogP contribution in [-0.4, -0.2) is 10.3 Å². The molecule has 9 heavy (non-hydrogen) atoms. The van der Waals surface area contributed by atoms with E-state index >= 15 is 0 Å². The van der Waals surface area contributed by atoms with Gasteiger partial charge in [0.1, 0.15) is 0 Å². The van der Waals surface area contributed by atoms with Gasteiger partial charge < -0.3 is 29.8 Å². The van der Waals surface area contributed by atoms with Crippen LogP contribution < -0.4 is 24.6 Å². The Bertz CT molecular complexity index is 35.2. The Morgan fingerprint density at radius 2 is 1.11 bits per heavy atom. The summed E-state index contributed by atoms with van der Waals surface area (Å²) in [6.07, 6.45) is 0. The van der Waals surface area contributed by atoms with Crippen LogP contribution in [0.15, 0.2) is 0 Å². The molecule has 0 aliphatic heterocycles. The van der Waals surface area contributed by atoms with Crippen LogP contribution in [0.25, 0.3) is 0 Å². The Balaban J connectivity index is -0.00000000450. The molecular formula is H13N5O3Ru. The zero-order valence-corrected chi connectivity index (χ0v) is 6.63. The van der Waals surface area contributed by atoms with Crippen LogP contribution in [-0.2, 0) is 19.5 Å². The van der Waals surface area contributed by atoms with Crippen molar-refractivity contribution >= 4 is 0 Å². The van der Waals surface area contributed by atoms with Crippen LogP contribution in [0.1, 0.15) is 0 Å². The van der Waals surface area contributed by atoms with Gasteiger partial charge in [-0.25, -0.2) is 0 Å². The van der Waals surface area contributed by atoms with Crippen molar-refractivity contribution in [3.8, 4) is 0 Å². The Kier molecular flexibility index (Phi) is 382. The summed E-state index contributed by atoms with van der Waals surface area (Å²) in [6.45, 7) is 0. The molecule has 0 heterocycles. The molecule has 13 N–H and O–H groups in total. The van der Waals surface area contributed by atoms with Gasteiger partial charge in [-0.2, -0.15) is 0 Å². The average molecular weight is 232 g/mol. The van der Waals surface area contributed by atoms with Crippen LogP contribution in [0.4, 0.5) is 0 Å². The van der Waals surface area contributed by atoms with Crippen LogP contribution in [0.5, 0.6) is 0 Å². The molecule has 0 aromatic heterocycles. The number of hydrogen-bond donors (Lipinski definition) is 5. The van der Waals surface area contributed by atoms with E-state index in [4.69, 9.17) is 15.3 Å². The largest absolute Gasteiger partial charge is 0.344 e. The van der Waals surface area contributed by atoms with Crippen LogP contribution in [0.2, 0.25) is 0 Å². The first-order chi connectivity index (χ1) is 1.73. The van der Waals surface area contributed by atoms with Crippen LogP contribution in [0, 0.1) is 10.1 Å². The first-order valence-corrected chi connectivity index (χ1v) is 0.565. The van der Waals surface area contributed by atoms with Crippen molar-refractivity contribution < 1.29 is 29.8 Å². The normalized spacial score (nSPS) is 2.67. The fraction of sp³-hybridized carbons (Fsp3) is 0. The van der Waals surface area contributed by atoms with Gasteiger partial charge in [0, 0.05) is 19.5 Å². The minimum atomic E-state index is -1.50. The molecular weight excluding hydrogens is 219 g/mol. The predicted molar refractivity (Wildman–Crippen MR) is 28.9 cm³/mol. The molecule has 0 atom stereocenters. The molecule has 0 aromatic carbocycles. The van der Waals surface area contributed by atoms with Crippen molar-refractivity contribution in [3.63, 3.8) is 0 Å². The average Bonchev–Trinajstić information content (AvgIpc) is 0.811. The van der Waals surface area contributed by atoms with Gasteiger partial charge in [0.25, 0.3) is 5.09 Å². The minimum absolute atomic E-state index is 0. The van der Waals surface area contributed by atoms with E-state index < -0.39 is 5.09 Å². The summed E-state index contributed by atoms with van der Waals surface area (Å²) in [5.74, 6) is 0. The fourth-order valence-electron chi connectivity index (χ4n) is 0. The van der Waals surface area contributed by atoms with Crippen LogP contribution >= 0.6 is 0 Å². The minimum Gasteiger partial charge on any atom is -0.344 e. The van der Waals surface area contributed by atoms with E-state index in [1.165, 1.54) is 0 Å². The summed E-state index contributed by atoms with van der Waals surface area (Å²) in [4.78, 5) is 8.36. The van der Waals surface area contributed by atoms with Crippen LogP contribution in [0.3, 0.4) is 0 Å². The maximum absolute atomic E-state index is 8.36. The predicted octanol–water partition coefficient (Wildman–Crippen LogP) is 0.298. The maximum atomic E-state index is 8.36. The Morgan fingerprint density at radius 1 is 1.11 bits per heavy atom.